The number of carbonyl (C=O) groups is 1. The molecule has 1 unspecified atom stereocenters. The number of rotatable bonds is 8. The summed E-state index contributed by atoms with van der Waals surface area (Å²) in [6, 6.07) is 2.25. The zero-order valence-corrected chi connectivity index (χ0v) is 15.9. The van der Waals surface area contributed by atoms with Gasteiger partial charge >= 0.3 is 0 Å². The smallest absolute Gasteiger partial charge is 0.223 e. The summed E-state index contributed by atoms with van der Waals surface area (Å²) in [5.74, 6) is 3.51. The Labute approximate surface area is 155 Å². The fourth-order valence-corrected chi connectivity index (χ4v) is 4.55. The van der Waals surface area contributed by atoms with Crippen LogP contribution < -0.4 is 15.4 Å². The van der Waals surface area contributed by atoms with Gasteiger partial charge in [-0.25, -0.2) is 4.98 Å². The van der Waals surface area contributed by atoms with E-state index in [1.807, 2.05) is 19.9 Å². The number of nitrogens with one attached hydrogen (secondary N) is 2. The number of aryl methyl sites for hydroxylation is 1. The first-order chi connectivity index (χ1) is 12.6. The molecule has 0 radical (unpaired) electrons. The molecule has 6 nitrogen and oxygen atoms in total. The Balaban J connectivity index is 1.13. The number of hydrogen-bond donors (Lipinski definition) is 2. The molecule has 1 aromatic heterocycles. The molecule has 6 heteroatoms. The van der Waals surface area contributed by atoms with E-state index in [-0.39, 0.29) is 0 Å². The van der Waals surface area contributed by atoms with E-state index in [9.17, 15) is 4.79 Å². The summed E-state index contributed by atoms with van der Waals surface area (Å²) in [6.07, 6.45) is 8.34. The van der Waals surface area contributed by atoms with Crippen molar-refractivity contribution in [3.8, 4) is 5.88 Å². The maximum atomic E-state index is 12.3. The number of anilines is 1. The Morgan fingerprint density at radius 1 is 1.35 bits per heavy atom. The molecule has 1 heterocycles. The van der Waals surface area contributed by atoms with Crippen molar-refractivity contribution in [3.05, 3.63) is 11.9 Å². The van der Waals surface area contributed by atoms with E-state index in [0.717, 1.165) is 38.0 Å². The SMILES string of the molecule is CCOc1cc(NCCC2CC(NC(=O)C3CC34CCC4)C2)nc(C)n1. The van der Waals surface area contributed by atoms with E-state index in [1.165, 1.54) is 19.3 Å². The van der Waals surface area contributed by atoms with Gasteiger partial charge in [-0.3, -0.25) is 4.79 Å². The molecule has 0 saturated heterocycles. The lowest BCUT2D eigenvalue weighted by atomic mass is 9.77. The van der Waals surface area contributed by atoms with Crippen molar-refractivity contribution in [2.75, 3.05) is 18.5 Å². The van der Waals surface area contributed by atoms with Crippen molar-refractivity contribution >= 4 is 11.7 Å². The van der Waals surface area contributed by atoms with Gasteiger partial charge in [0.1, 0.15) is 11.6 Å². The minimum absolute atomic E-state index is 0.325. The quantitative estimate of drug-likeness (QED) is 0.747. The van der Waals surface area contributed by atoms with Crippen LogP contribution in [0.25, 0.3) is 0 Å². The van der Waals surface area contributed by atoms with E-state index >= 15 is 0 Å². The molecule has 4 rings (SSSR count). The third kappa shape index (κ3) is 3.64. The van der Waals surface area contributed by atoms with Crippen molar-refractivity contribution in [2.45, 2.75) is 64.8 Å². The minimum atomic E-state index is 0.325. The molecule has 1 amide bonds. The second-order valence-electron chi connectivity index (χ2n) is 8.30. The highest BCUT2D eigenvalue weighted by Crippen LogP contribution is 2.65. The highest BCUT2D eigenvalue weighted by molar-refractivity contribution is 5.83. The third-order valence-electron chi connectivity index (χ3n) is 6.40. The van der Waals surface area contributed by atoms with E-state index in [4.69, 9.17) is 4.74 Å². The molecule has 142 valence electrons. The molecule has 0 bridgehead atoms. The number of nitrogens with zero attached hydrogens (tertiary/aromatic N) is 2. The molecule has 0 aromatic carbocycles. The van der Waals surface area contributed by atoms with E-state index < -0.39 is 0 Å². The Hall–Kier alpha value is -1.85. The fourth-order valence-electron chi connectivity index (χ4n) is 4.55. The van der Waals surface area contributed by atoms with Crippen LogP contribution in [-0.2, 0) is 4.79 Å². The van der Waals surface area contributed by atoms with Crippen molar-refractivity contribution in [2.24, 2.45) is 17.3 Å². The van der Waals surface area contributed by atoms with Gasteiger partial charge in [-0.15, -0.1) is 0 Å². The number of amides is 1. The monoisotopic (exact) mass is 358 g/mol. The predicted octanol–water partition coefficient (Wildman–Crippen LogP) is 3.07. The van der Waals surface area contributed by atoms with Gasteiger partial charge in [0.25, 0.3) is 0 Å². The van der Waals surface area contributed by atoms with Crippen LogP contribution in [0.1, 0.15) is 57.7 Å². The zero-order valence-electron chi connectivity index (χ0n) is 15.9. The van der Waals surface area contributed by atoms with Gasteiger partial charge in [0.15, 0.2) is 0 Å². The first-order valence-corrected chi connectivity index (χ1v) is 10.1. The average molecular weight is 358 g/mol. The van der Waals surface area contributed by atoms with Crippen LogP contribution >= 0.6 is 0 Å². The molecular formula is C20H30N4O2. The first-order valence-electron chi connectivity index (χ1n) is 10.1. The predicted molar refractivity (Wildman–Crippen MR) is 100 cm³/mol. The Bertz CT molecular complexity index is 668. The van der Waals surface area contributed by atoms with Crippen LogP contribution in [0.3, 0.4) is 0 Å². The molecule has 3 aliphatic rings. The normalized spacial score (nSPS) is 28.0. The lowest BCUT2D eigenvalue weighted by molar-refractivity contribution is -0.125. The van der Waals surface area contributed by atoms with Gasteiger partial charge in [0, 0.05) is 24.6 Å². The minimum Gasteiger partial charge on any atom is -0.478 e. The summed E-state index contributed by atoms with van der Waals surface area (Å²) in [5, 5.41) is 6.65. The fraction of sp³-hybridized carbons (Fsp3) is 0.750. The Morgan fingerprint density at radius 2 is 2.15 bits per heavy atom. The van der Waals surface area contributed by atoms with Gasteiger partial charge in [-0.1, -0.05) is 6.42 Å². The van der Waals surface area contributed by atoms with Crippen LogP contribution in [0.15, 0.2) is 6.07 Å². The molecular weight excluding hydrogens is 328 g/mol. The molecule has 2 N–H and O–H groups in total. The van der Waals surface area contributed by atoms with Crippen LogP contribution in [0.4, 0.5) is 5.82 Å². The number of hydrogen-bond acceptors (Lipinski definition) is 5. The number of ether oxygens (including phenoxy) is 1. The largest absolute Gasteiger partial charge is 0.478 e. The molecule has 3 fully saturated rings. The summed E-state index contributed by atoms with van der Waals surface area (Å²) in [5.41, 5.74) is 0.438. The maximum absolute atomic E-state index is 12.3. The van der Waals surface area contributed by atoms with Crippen LogP contribution in [-0.4, -0.2) is 35.1 Å². The van der Waals surface area contributed by atoms with Crippen molar-refractivity contribution in [1.82, 2.24) is 15.3 Å². The lowest BCUT2D eigenvalue weighted by Crippen LogP contribution is -2.46. The molecule has 1 spiro atoms. The second kappa shape index (κ2) is 7.05. The van der Waals surface area contributed by atoms with Gasteiger partial charge < -0.3 is 15.4 Å². The topological polar surface area (TPSA) is 76.1 Å². The Morgan fingerprint density at radius 3 is 2.81 bits per heavy atom. The molecule has 26 heavy (non-hydrogen) atoms. The summed E-state index contributed by atoms with van der Waals surface area (Å²) in [6.45, 7) is 5.32. The summed E-state index contributed by atoms with van der Waals surface area (Å²) in [4.78, 5) is 21.0. The molecule has 3 saturated carbocycles. The standard InChI is InChI=1S/C20H30N4O2/c1-3-26-18-11-17(22-13(2)23-18)21-8-5-14-9-15(10-14)24-19(25)16-12-20(16)6-4-7-20/h11,14-16H,3-10,12H2,1-2H3,(H,24,25)(H,21,22,23). The van der Waals surface area contributed by atoms with E-state index in [0.29, 0.717) is 47.5 Å². The maximum Gasteiger partial charge on any atom is 0.223 e. The highest BCUT2D eigenvalue weighted by atomic mass is 16.5. The average Bonchev–Trinajstić information content (AvgIpc) is 3.28. The highest BCUT2D eigenvalue weighted by Gasteiger charge is 2.61. The van der Waals surface area contributed by atoms with Gasteiger partial charge in [-0.05, 0) is 63.7 Å². The molecule has 3 aliphatic carbocycles. The molecule has 1 atom stereocenters. The first kappa shape index (κ1) is 17.6. The van der Waals surface area contributed by atoms with Crippen LogP contribution in [0.5, 0.6) is 5.88 Å². The van der Waals surface area contributed by atoms with E-state index in [1.54, 1.807) is 0 Å². The van der Waals surface area contributed by atoms with Crippen molar-refractivity contribution < 1.29 is 9.53 Å². The summed E-state index contributed by atoms with van der Waals surface area (Å²) in [7, 11) is 0. The van der Waals surface area contributed by atoms with Crippen molar-refractivity contribution in [3.63, 3.8) is 0 Å². The number of carbonyl (C=O) groups excluding carboxylic acids is 1. The van der Waals surface area contributed by atoms with Gasteiger partial charge in [-0.2, -0.15) is 4.98 Å². The summed E-state index contributed by atoms with van der Waals surface area (Å²) >= 11 is 0. The summed E-state index contributed by atoms with van der Waals surface area (Å²) < 4.78 is 5.46. The molecule has 0 aliphatic heterocycles. The van der Waals surface area contributed by atoms with E-state index in [2.05, 4.69) is 20.6 Å². The lowest BCUT2D eigenvalue weighted by Gasteiger charge is -2.36. The molecule has 1 aromatic rings. The third-order valence-corrected chi connectivity index (χ3v) is 6.40. The Kier molecular flexibility index (Phi) is 4.76. The zero-order chi connectivity index (χ0) is 18.1. The number of aromatic nitrogens is 2. The second-order valence-corrected chi connectivity index (χ2v) is 8.30. The van der Waals surface area contributed by atoms with Gasteiger partial charge in [0.2, 0.25) is 11.8 Å². The van der Waals surface area contributed by atoms with Crippen LogP contribution in [0, 0.1) is 24.2 Å². The van der Waals surface area contributed by atoms with Gasteiger partial charge in [0.05, 0.1) is 6.61 Å². The van der Waals surface area contributed by atoms with Crippen LogP contribution in [0.2, 0.25) is 0 Å². The van der Waals surface area contributed by atoms with Crippen molar-refractivity contribution in [1.29, 1.82) is 0 Å².